The molecule has 0 atom stereocenters. The molecule has 1 aromatic heterocycles. The van der Waals surface area contributed by atoms with E-state index in [1.165, 1.54) is 35.9 Å². The maximum atomic E-state index is 3.24. The van der Waals surface area contributed by atoms with Crippen molar-refractivity contribution in [3.8, 4) is 0 Å². The van der Waals surface area contributed by atoms with E-state index in [9.17, 15) is 0 Å². The van der Waals surface area contributed by atoms with Crippen molar-refractivity contribution in [3.05, 3.63) is 36.0 Å². The van der Waals surface area contributed by atoms with Gasteiger partial charge in [0, 0.05) is 12.7 Å². The van der Waals surface area contributed by atoms with Crippen molar-refractivity contribution in [2.45, 2.75) is 25.8 Å². The Bertz CT molecular complexity index is 509. The number of rotatable bonds is 5. The molecule has 1 aliphatic rings. The highest BCUT2D eigenvalue weighted by Gasteiger charge is 2.22. The van der Waals surface area contributed by atoms with E-state index in [1.807, 2.05) is 7.05 Å². The van der Waals surface area contributed by atoms with Crippen molar-refractivity contribution in [1.82, 2.24) is 9.88 Å². The first-order valence-corrected chi connectivity index (χ1v) is 6.60. The number of likely N-dealkylation sites (N-methyl/N-ethyl adjacent to an activating group) is 1. The van der Waals surface area contributed by atoms with Crippen molar-refractivity contribution < 1.29 is 0 Å². The van der Waals surface area contributed by atoms with E-state index in [0.29, 0.717) is 0 Å². The fourth-order valence-electron chi connectivity index (χ4n) is 2.53. The van der Waals surface area contributed by atoms with E-state index in [-0.39, 0.29) is 0 Å². The van der Waals surface area contributed by atoms with Gasteiger partial charge in [-0.2, -0.15) is 0 Å². The van der Waals surface area contributed by atoms with Crippen molar-refractivity contribution >= 4 is 10.9 Å². The van der Waals surface area contributed by atoms with Gasteiger partial charge in [0.15, 0.2) is 0 Å². The van der Waals surface area contributed by atoms with Crippen LogP contribution in [0.25, 0.3) is 10.9 Å². The second-order valence-corrected chi connectivity index (χ2v) is 5.12. The summed E-state index contributed by atoms with van der Waals surface area (Å²) in [5.41, 5.74) is 2.93. The molecule has 90 valence electrons. The average molecular weight is 228 g/mol. The van der Waals surface area contributed by atoms with E-state index < -0.39 is 0 Å². The van der Waals surface area contributed by atoms with Gasteiger partial charge in [-0.3, -0.25) is 0 Å². The minimum atomic E-state index is 0.933. The fraction of sp³-hybridized carbons (Fsp3) is 0.467. The van der Waals surface area contributed by atoms with E-state index in [0.717, 1.165) is 18.9 Å². The molecule has 0 radical (unpaired) electrons. The first kappa shape index (κ1) is 10.8. The molecule has 0 aliphatic heterocycles. The number of hydrogen-bond acceptors (Lipinski definition) is 1. The molecule has 2 nitrogen and oxygen atoms in total. The Morgan fingerprint density at radius 3 is 2.94 bits per heavy atom. The molecule has 1 N–H and O–H groups in total. The standard InChI is InChI=1S/C15H20N2/c1-16-9-7-13-3-2-4-14-8-10-17(15(13)14)11-12-5-6-12/h2-4,8,10,12,16H,5-7,9,11H2,1H3. The summed E-state index contributed by atoms with van der Waals surface area (Å²) in [7, 11) is 2.02. The maximum Gasteiger partial charge on any atom is 0.0513 e. The molecular formula is C15H20N2. The Hall–Kier alpha value is -1.28. The van der Waals surface area contributed by atoms with Crippen LogP contribution in [0.3, 0.4) is 0 Å². The van der Waals surface area contributed by atoms with Gasteiger partial charge in [-0.05, 0) is 55.8 Å². The third-order valence-electron chi connectivity index (χ3n) is 3.67. The Kier molecular flexibility index (Phi) is 2.89. The van der Waals surface area contributed by atoms with Crippen LogP contribution in [0, 0.1) is 5.92 Å². The van der Waals surface area contributed by atoms with Crippen LogP contribution < -0.4 is 5.32 Å². The second kappa shape index (κ2) is 4.53. The van der Waals surface area contributed by atoms with E-state index in [1.54, 1.807) is 0 Å². The molecule has 1 fully saturated rings. The van der Waals surface area contributed by atoms with Gasteiger partial charge >= 0.3 is 0 Å². The van der Waals surface area contributed by atoms with Crippen LogP contribution in [-0.2, 0) is 13.0 Å². The number of para-hydroxylation sites is 1. The predicted octanol–water partition coefficient (Wildman–Crippen LogP) is 2.81. The molecule has 3 rings (SSSR count). The van der Waals surface area contributed by atoms with Gasteiger partial charge in [0.2, 0.25) is 0 Å². The number of hydrogen-bond donors (Lipinski definition) is 1. The van der Waals surface area contributed by atoms with E-state index >= 15 is 0 Å². The number of nitrogens with one attached hydrogen (secondary N) is 1. The summed E-state index contributed by atoms with van der Waals surface area (Å²) in [5, 5.41) is 4.62. The Labute approximate surface area is 103 Å². The zero-order valence-corrected chi connectivity index (χ0v) is 10.4. The second-order valence-electron chi connectivity index (χ2n) is 5.12. The zero-order valence-electron chi connectivity index (χ0n) is 10.4. The van der Waals surface area contributed by atoms with Crippen molar-refractivity contribution in [3.63, 3.8) is 0 Å². The summed E-state index contributed by atoms with van der Waals surface area (Å²) < 4.78 is 2.46. The fourth-order valence-corrected chi connectivity index (χ4v) is 2.53. The summed E-state index contributed by atoms with van der Waals surface area (Å²) in [5.74, 6) is 0.933. The molecule has 1 saturated carbocycles. The number of nitrogens with zero attached hydrogens (tertiary/aromatic N) is 1. The minimum absolute atomic E-state index is 0.933. The Morgan fingerprint density at radius 2 is 2.18 bits per heavy atom. The van der Waals surface area contributed by atoms with Gasteiger partial charge in [0.05, 0.1) is 5.52 Å². The van der Waals surface area contributed by atoms with Gasteiger partial charge in [0.1, 0.15) is 0 Å². The summed E-state index contributed by atoms with van der Waals surface area (Å²) in [6.45, 7) is 2.26. The highest BCUT2D eigenvalue weighted by molar-refractivity contribution is 5.83. The number of benzene rings is 1. The van der Waals surface area contributed by atoms with Crippen LogP contribution >= 0.6 is 0 Å². The molecule has 17 heavy (non-hydrogen) atoms. The molecule has 0 bridgehead atoms. The predicted molar refractivity (Wildman–Crippen MR) is 72.3 cm³/mol. The third kappa shape index (κ3) is 2.22. The van der Waals surface area contributed by atoms with Crippen LogP contribution in [-0.4, -0.2) is 18.2 Å². The minimum Gasteiger partial charge on any atom is -0.347 e. The van der Waals surface area contributed by atoms with Crippen molar-refractivity contribution in [2.24, 2.45) is 5.92 Å². The SMILES string of the molecule is CNCCc1cccc2ccn(CC3CC3)c12. The van der Waals surface area contributed by atoms with Crippen LogP contribution in [0.1, 0.15) is 18.4 Å². The molecule has 0 spiro atoms. The normalized spacial score (nSPS) is 15.6. The van der Waals surface area contributed by atoms with Gasteiger partial charge in [0.25, 0.3) is 0 Å². The molecule has 1 aromatic carbocycles. The third-order valence-corrected chi connectivity index (χ3v) is 3.67. The molecule has 0 unspecified atom stereocenters. The first-order valence-electron chi connectivity index (χ1n) is 6.60. The zero-order chi connectivity index (χ0) is 11.7. The largest absolute Gasteiger partial charge is 0.347 e. The van der Waals surface area contributed by atoms with Crippen LogP contribution in [0.5, 0.6) is 0 Å². The van der Waals surface area contributed by atoms with Crippen LogP contribution in [0.2, 0.25) is 0 Å². The highest BCUT2D eigenvalue weighted by Crippen LogP contribution is 2.32. The molecule has 2 heteroatoms. The van der Waals surface area contributed by atoms with Gasteiger partial charge < -0.3 is 9.88 Å². The van der Waals surface area contributed by atoms with Gasteiger partial charge in [-0.1, -0.05) is 18.2 Å². The lowest BCUT2D eigenvalue weighted by molar-refractivity contribution is 0.644. The maximum absolute atomic E-state index is 3.24. The molecule has 1 heterocycles. The summed E-state index contributed by atoms with van der Waals surface area (Å²) in [6, 6.07) is 8.92. The summed E-state index contributed by atoms with van der Waals surface area (Å²) >= 11 is 0. The summed E-state index contributed by atoms with van der Waals surface area (Å²) in [6.07, 6.45) is 6.20. The molecular weight excluding hydrogens is 208 g/mol. The lowest BCUT2D eigenvalue weighted by atomic mass is 10.1. The lowest BCUT2D eigenvalue weighted by Crippen LogP contribution is -2.11. The van der Waals surface area contributed by atoms with Crippen LogP contribution in [0.15, 0.2) is 30.5 Å². The van der Waals surface area contributed by atoms with E-state index in [4.69, 9.17) is 0 Å². The van der Waals surface area contributed by atoms with Gasteiger partial charge in [-0.25, -0.2) is 0 Å². The quantitative estimate of drug-likeness (QED) is 0.832. The smallest absolute Gasteiger partial charge is 0.0513 e. The topological polar surface area (TPSA) is 17.0 Å². The molecule has 0 saturated heterocycles. The first-order chi connectivity index (χ1) is 8.38. The Balaban J connectivity index is 1.97. The number of fused-ring (bicyclic) bond motifs is 1. The van der Waals surface area contributed by atoms with E-state index in [2.05, 4.69) is 40.3 Å². The molecule has 1 aliphatic carbocycles. The molecule has 0 amide bonds. The van der Waals surface area contributed by atoms with Gasteiger partial charge in [-0.15, -0.1) is 0 Å². The summed E-state index contributed by atoms with van der Waals surface area (Å²) in [4.78, 5) is 0. The molecule has 2 aromatic rings. The average Bonchev–Trinajstić information content (AvgIpc) is 3.07. The Morgan fingerprint density at radius 1 is 1.29 bits per heavy atom. The van der Waals surface area contributed by atoms with Crippen molar-refractivity contribution in [1.29, 1.82) is 0 Å². The van der Waals surface area contributed by atoms with Crippen LogP contribution in [0.4, 0.5) is 0 Å². The highest BCUT2D eigenvalue weighted by atomic mass is 15.0. The van der Waals surface area contributed by atoms with Crippen molar-refractivity contribution in [2.75, 3.05) is 13.6 Å². The number of aromatic nitrogens is 1. The monoisotopic (exact) mass is 228 g/mol. The lowest BCUT2D eigenvalue weighted by Gasteiger charge is -2.09.